The Labute approximate surface area is 101 Å². The van der Waals surface area contributed by atoms with E-state index in [4.69, 9.17) is 0 Å². The fraction of sp³-hybridized carbons (Fsp3) is 0.462. The molecule has 1 fully saturated rings. The normalized spacial score (nSPS) is 15.0. The average molecular weight is 236 g/mol. The van der Waals surface area contributed by atoms with Gasteiger partial charge in [-0.15, -0.1) is 0 Å². The van der Waals surface area contributed by atoms with E-state index in [1.807, 2.05) is 4.90 Å². The maximum Gasteiger partial charge on any atom is 0.224 e. The van der Waals surface area contributed by atoms with Crippen molar-refractivity contribution in [3.8, 4) is 0 Å². The molecule has 0 unspecified atom stereocenters. The summed E-state index contributed by atoms with van der Waals surface area (Å²) in [5.41, 5.74) is 0.722. The van der Waals surface area contributed by atoms with Crippen molar-refractivity contribution in [1.29, 1.82) is 0 Å². The van der Waals surface area contributed by atoms with Gasteiger partial charge < -0.3 is 10.2 Å². The number of anilines is 1. The smallest absolute Gasteiger partial charge is 0.224 e. The van der Waals surface area contributed by atoms with Gasteiger partial charge in [0.05, 0.1) is 0 Å². The number of hydrogen-bond acceptors (Lipinski definition) is 2. The molecular formula is C13H17FN2O. The summed E-state index contributed by atoms with van der Waals surface area (Å²) in [6.07, 6.45) is 2.70. The van der Waals surface area contributed by atoms with Gasteiger partial charge in [0.15, 0.2) is 0 Å². The third-order valence-corrected chi connectivity index (χ3v) is 2.95. The lowest BCUT2D eigenvalue weighted by molar-refractivity contribution is -0.129. The van der Waals surface area contributed by atoms with E-state index in [0.29, 0.717) is 13.0 Å². The van der Waals surface area contributed by atoms with Gasteiger partial charge in [0.2, 0.25) is 5.91 Å². The second-order valence-corrected chi connectivity index (χ2v) is 4.28. The topological polar surface area (TPSA) is 32.3 Å². The van der Waals surface area contributed by atoms with Gasteiger partial charge in [0.1, 0.15) is 5.82 Å². The summed E-state index contributed by atoms with van der Waals surface area (Å²) in [7, 11) is 0. The van der Waals surface area contributed by atoms with E-state index in [9.17, 15) is 9.18 Å². The molecule has 0 bridgehead atoms. The van der Waals surface area contributed by atoms with Crippen LogP contribution in [0.3, 0.4) is 0 Å². The standard InChI is InChI=1S/C13H17FN2O/c14-11-4-3-5-12(10-11)15-7-6-13(17)16-8-1-2-9-16/h3-5,10,15H,1-2,6-9H2. The molecule has 1 saturated heterocycles. The monoisotopic (exact) mass is 236 g/mol. The van der Waals surface area contributed by atoms with Crippen LogP contribution >= 0.6 is 0 Å². The number of likely N-dealkylation sites (tertiary alicyclic amines) is 1. The van der Waals surface area contributed by atoms with Crippen LogP contribution < -0.4 is 5.32 Å². The molecule has 1 heterocycles. The summed E-state index contributed by atoms with van der Waals surface area (Å²) in [6.45, 7) is 2.33. The third kappa shape index (κ3) is 3.44. The quantitative estimate of drug-likeness (QED) is 0.869. The Balaban J connectivity index is 1.73. The van der Waals surface area contributed by atoms with Crippen LogP contribution in [-0.4, -0.2) is 30.4 Å². The molecule has 1 aliphatic heterocycles. The summed E-state index contributed by atoms with van der Waals surface area (Å²) in [6, 6.07) is 6.28. The number of carbonyl (C=O) groups excluding carboxylic acids is 1. The van der Waals surface area contributed by atoms with Gasteiger partial charge in [0.25, 0.3) is 0 Å². The molecule has 0 spiro atoms. The van der Waals surface area contributed by atoms with E-state index in [2.05, 4.69) is 5.32 Å². The molecule has 0 atom stereocenters. The van der Waals surface area contributed by atoms with Gasteiger partial charge in [-0.3, -0.25) is 4.79 Å². The Morgan fingerprint density at radius 3 is 2.82 bits per heavy atom. The molecule has 3 nitrogen and oxygen atoms in total. The van der Waals surface area contributed by atoms with Crippen molar-refractivity contribution in [3.63, 3.8) is 0 Å². The second-order valence-electron chi connectivity index (χ2n) is 4.28. The van der Waals surface area contributed by atoms with Crippen LogP contribution in [0.2, 0.25) is 0 Å². The molecule has 2 rings (SSSR count). The summed E-state index contributed by atoms with van der Waals surface area (Å²) < 4.78 is 12.9. The van der Waals surface area contributed by atoms with Crippen molar-refractivity contribution in [2.24, 2.45) is 0 Å². The highest BCUT2D eigenvalue weighted by atomic mass is 19.1. The highest BCUT2D eigenvalue weighted by Gasteiger charge is 2.16. The van der Waals surface area contributed by atoms with Crippen LogP contribution in [0.4, 0.5) is 10.1 Å². The van der Waals surface area contributed by atoms with E-state index in [1.54, 1.807) is 12.1 Å². The lowest BCUT2D eigenvalue weighted by Gasteiger charge is -2.15. The molecule has 1 aromatic carbocycles. The molecule has 1 amide bonds. The summed E-state index contributed by atoms with van der Waals surface area (Å²) in [5.74, 6) is -0.0766. The largest absolute Gasteiger partial charge is 0.384 e. The van der Waals surface area contributed by atoms with E-state index in [-0.39, 0.29) is 11.7 Å². The molecular weight excluding hydrogens is 219 g/mol. The van der Waals surface area contributed by atoms with E-state index in [0.717, 1.165) is 31.6 Å². The fourth-order valence-electron chi connectivity index (χ4n) is 2.04. The fourth-order valence-corrected chi connectivity index (χ4v) is 2.04. The van der Waals surface area contributed by atoms with Gasteiger partial charge in [-0.05, 0) is 31.0 Å². The van der Waals surface area contributed by atoms with Crippen molar-refractivity contribution in [1.82, 2.24) is 4.90 Å². The molecule has 4 heteroatoms. The number of benzene rings is 1. The van der Waals surface area contributed by atoms with E-state index >= 15 is 0 Å². The summed E-state index contributed by atoms with van der Waals surface area (Å²) in [4.78, 5) is 13.6. The molecule has 1 aliphatic rings. The zero-order valence-electron chi connectivity index (χ0n) is 9.79. The first-order valence-electron chi connectivity index (χ1n) is 6.03. The molecule has 17 heavy (non-hydrogen) atoms. The predicted octanol–water partition coefficient (Wildman–Crippen LogP) is 2.25. The highest BCUT2D eigenvalue weighted by molar-refractivity contribution is 5.77. The number of carbonyl (C=O) groups is 1. The maximum atomic E-state index is 12.9. The Bertz CT molecular complexity index is 389. The first-order chi connectivity index (χ1) is 8.25. The number of nitrogens with one attached hydrogen (secondary N) is 1. The van der Waals surface area contributed by atoms with Crippen LogP contribution in [0, 0.1) is 5.82 Å². The van der Waals surface area contributed by atoms with Crippen molar-refractivity contribution in [3.05, 3.63) is 30.1 Å². The minimum absolute atomic E-state index is 0.186. The number of amides is 1. The van der Waals surface area contributed by atoms with Crippen LogP contribution in [0.5, 0.6) is 0 Å². The van der Waals surface area contributed by atoms with Gasteiger partial charge in [-0.1, -0.05) is 6.07 Å². The second kappa shape index (κ2) is 5.66. The number of rotatable bonds is 4. The Morgan fingerprint density at radius 1 is 1.35 bits per heavy atom. The van der Waals surface area contributed by atoms with Gasteiger partial charge in [-0.25, -0.2) is 4.39 Å². The molecule has 1 N–H and O–H groups in total. The number of hydrogen-bond donors (Lipinski definition) is 1. The molecule has 0 aliphatic carbocycles. The number of nitrogens with zero attached hydrogens (tertiary/aromatic N) is 1. The molecule has 92 valence electrons. The average Bonchev–Trinajstić information content (AvgIpc) is 2.82. The number of halogens is 1. The summed E-state index contributed by atoms with van der Waals surface area (Å²) in [5, 5.41) is 3.05. The summed E-state index contributed by atoms with van der Waals surface area (Å²) >= 11 is 0. The van der Waals surface area contributed by atoms with Crippen LogP contribution in [0.1, 0.15) is 19.3 Å². The Kier molecular flexibility index (Phi) is 3.96. The van der Waals surface area contributed by atoms with Crippen LogP contribution in [0.25, 0.3) is 0 Å². The zero-order chi connectivity index (χ0) is 12.1. The minimum Gasteiger partial charge on any atom is -0.384 e. The Morgan fingerprint density at radius 2 is 2.12 bits per heavy atom. The van der Waals surface area contributed by atoms with Crippen molar-refractivity contribution in [2.45, 2.75) is 19.3 Å². The Hall–Kier alpha value is -1.58. The van der Waals surface area contributed by atoms with E-state index in [1.165, 1.54) is 12.1 Å². The molecule has 0 aromatic heterocycles. The lowest BCUT2D eigenvalue weighted by Crippen LogP contribution is -2.29. The zero-order valence-corrected chi connectivity index (χ0v) is 9.79. The third-order valence-electron chi connectivity index (χ3n) is 2.95. The molecule has 0 saturated carbocycles. The highest BCUT2D eigenvalue weighted by Crippen LogP contribution is 2.11. The maximum absolute atomic E-state index is 12.9. The SMILES string of the molecule is O=C(CCNc1cccc(F)c1)N1CCCC1. The lowest BCUT2D eigenvalue weighted by atomic mass is 10.3. The molecule has 1 aromatic rings. The van der Waals surface area contributed by atoms with Gasteiger partial charge >= 0.3 is 0 Å². The van der Waals surface area contributed by atoms with E-state index < -0.39 is 0 Å². The first kappa shape index (κ1) is 11.9. The van der Waals surface area contributed by atoms with Crippen LogP contribution in [-0.2, 0) is 4.79 Å². The van der Waals surface area contributed by atoms with Crippen molar-refractivity contribution >= 4 is 11.6 Å². The first-order valence-corrected chi connectivity index (χ1v) is 6.03. The van der Waals surface area contributed by atoms with Crippen molar-refractivity contribution in [2.75, 3.05) is 25.0 Å². The van der Waals surface area contributed by atoms with Gasteiger partial charge in [0, 0.05) is 31.7 Å². The van der Waals surface area contributed by atoms with Gasteiger partial charge in [-0.2, -0.15) is 0 Å². The minimum atomic E-state index is -0.263. The molecule has 0 radical (unpaired) electrons. The predicted molar refractivity (Wildman–Crippen MR) is 65.3 cm³/mol. The van der Waals surface area contributed by atoms with Crippen LogP contribution in [0.15, 0.2) is 24.3 Å². The van der Waals surface area contributed by atoms with Crippen molar-refractivity contribution < 1.29 is 9.18 Å².